The maximum Gasteiger partial charge on any atom is 0.119 e. The van der Waals surface area contributed by atoms with Crippen LogP contribution in [0.1, 0.15) is 31.9 Å². The summed E-state index contributed by atoms with van der Waals surface area (Å²) in [7, 11) is 1.63. The summed E-state index contributed by atoms with van der Waals surface area (Å²) >= 11 is 0. The first-order valence-corrected chi connectivity index (χ1v) is 5.57. The highest BCUT2D eigenvalue weighted by molar-refractivity contribution is 5.28. The second-order valence-electron chi connectivity index (χ2n) is 4.03. The van der Waals surface area contributed by atoms with Gasteiger partial charge in [-0.2, -0.15) is 0 Å². The zero-order valence-electron chi connectivity index (χ0n) is 10.1. The standard InChI is InChI=1S/C13H20O3/c1-10(2)16-12-6-4-11(5-7-12)13(14)8-9-15-3/h4-7,10,13-14H,8-9H2,1-3H3. The Morgan fingerprint density at radius 2 is 1.81 bits per heavy atom. The van der Waals surface area contributed by atoms with Gasteiger partial charge in [-0.3, -0.25) is 0 Å². The Morgan fingerprint density at radius 1 is 1.19 bits per heavy atom. The van der Waals surface area contributed by atoms with Gasteiger partial charge in [0.15, 0.2) is 0 Å². The molecular weight excluding hydrogens is 204 g/mol. The van der Waals surface area contributed by atoms with Crippen molar-refractivity contribution in [2.24, 2.45) is 0 Å². The van der Waals surface area contributed by atoms with E-state index in [1.54, 1.807) is 7.11 Å². The van der Waals surface area contributed by atoms with E-state index < -0.39 is 6.10 Å². The number of hydrogen-bond donors (Lipinski definition) is 1. The number of aliphatic hydroxyl groups excluding tert-OH is 1. The molecule has 0 amide bonds. The van der Waals surface area contributed by atoms with Crippen LogP contribution in [0.25, 0.3) is 0 Å². The normalized spacial score (nSPS) is 12.8. The van der Waals surface area contributed by atoms with Crippen molar-refractivity contribution >= 4 is 0 Å². The van der Waals surface area contributed by atoms with Crippen LogP contribution in [0.15, 0.2) is 24.3 Å². The molecule has 0 aliphatic rings. The van der Waals surface area contributed by atoms with Crippen LogP contribution in [0, 0.1) is 0 Å². The van der Waals surface area contributed by atoms with Crippen LogP contribution in [0.2, 0.25) is 0 Å². The molecule has 1 atom stereocenters. The molecule has 0 heterocycles. The first-order valence-electron chi connectivity index (χ1n) is 5.57. The van der Waals surface area contributed by atoms with Crippen molar-refractivity contribution in [3.05, 3.63) is 29.8 Å². The van der Waals surface area contributed by atoms with E-state index >= 15 is 0 Å². The average Bonchev–Trinajstić information content (AvgIpc) is 2.26. The number of aliphatic hydroxyl groups is 1. The Balaban J connectivity index is 2.56. The molecule has 0 aliphatic carbocycles. The largest absolute Gasteiger partial charge is 0.491 e. The van der Waals surface area contributed by atoms with Crippen molar-refractivity contribution in [3.63, 3.8) is 0 Å². The zero-order chi connectivity index (χ0) is 12.0. The summed E-state index contributed by atoms with van der Waals surface area (Å²) in [6.45, 7) is 4.54. The Bertz CT molecular complexity index is 293. The van der Waals surface area contributed by atoms with Gasteiger partial charge in [0.05, 0.1) is 12.2 Å². The zero-order valence-corrected chi connectivity index (χ0v) is 10.1. The SMILES string of the molecule is COCCC(O)c1ccc(OC(C)C)cc1. The van der Waals surface area contributed by atoms with E-state index in [2.05, 4.69) is 0 Å². The van der Waals surface area contributed by atoms with E-state index in [4.69, 9.17) is 9.47 Å². The van der Waals surface area contributed by atoms with Crippen LogP contribution in [-0.4, -0.2) is 24.9 Å². The lowest BCUT2D eigenvalue weighted by molar-refractivity contribution is 0.110. The molecule has 0 bridgehead atoms. The third-order valence-electron chi connectivity index (χ3n) is 2.23. The maximum atomic E-state index is 9.80. The molecule has 16 heavy (non-hydrogen) atoms. The highest BCUT2D eigenvalue weighted by atomic mass is 16.5. The fraction of sp³-hybridized carbons (Fsp3) is 0.538. The van der Waals surface area contributed by atoms with Crippen molar-refractivity contribution in [3.8, 4) is 5.75 Å². The van der Waals surface area contributed by atoms with Gasteiger partial charge in [0.2, 0.25) is 0 Å². The van der Waals surface area contributed by atoms with Crippen molar-refractivity contribution in [2.75, 3.05) is 13.7 Å². The van der Waals surface area contributed by atoms with Crippen LogP contribution >= 0.6 is 0 Å². The molecule has 0 fully saturated rings. The third kappa shape index (κ3) is 4.21. The Hall–Kier alpha value is -1.06. The molecule has 0 spiro atoms. The number of hydrogen-bond acceptors (Lipinski definition) is 3. The van der Waals surface area contributed by atoms with Crippen LogP contribution < -0.4 is 4.74 Å². The second-order valence-corrected chi connectivity index (χ2v) is 4.03. The Morgan fingerprint density at radius 3 is 2.31 bits per heavy atom. The fourth-order valence-electron chi connectivity index (χ4n) is 1.44. The molecule has 90 valence electrons. The molecule has 0 saturated carbocycles. The molecule has 1 aromatic rings. The first-order chi connectivity index (χ1) is 7.63. The summed E-state index contributed by atoms with van der Waals surface area (Å²) in [6.07, 6.45) is 0.318. The van der Waals surface area contributed by atoms with Gasteiger partial charge in [0, 0.05) is 20.1 Å². The summed E-state index contributed by atoms with van der Waals surface area (Å²) in [5.41, 5.74) is 0.896. The van der Waals surface area contributed by atoms with Crippen molar-refractivity contribution < 1.29 is 14.6 Å². The maximum absolute atomic E-state index is 9.80. The highest BCUT2D eigenvalue weighted by Gasteiger charge is 2.07. The van der Waals surface area contributed by atoms with E-state index in [-0.39, 0.29) is 6.10 Å². The van der Waals surface area contributed by atoms with Crippen LogP contribution in [-0.2, 0) is 4.74 Å². The Labute approximate surface area is 97.0 Å². The number of ether oxygens (including phenoxy) is 2. The molecule has 1 unspecified atom stereocenters. The number of rotatable bonds is 6. The van der Waals surface area contributed by atoms with E-state index in [1.165, 1.54) is 0 Å². The van der Waals surface area contributed by atoms with Crippen LogP contribution in [0.3, 0.4) is 0 Å². The quantitative estimate of drug-likeness (QED) is 0.807. The smallest absolute Gasteiger partial charge is 0.119 e. The molecule has 0 aromatic heterocycles. The topological polar surface area (TPSA) is 38.7 Å². The minimum Gasteiger partial charge on any atom is -0.491 e. The monoisotopic (exact) mass is 224 g/mol. The van der Waals surface area contributed by atoms with Gasteiger partial charge in [0.1, 0.15) is 5.75 Å². The van der Waals surface area contributed by atoms with Crippen LogP contribution in [0.4, 0.5) is 0 Å². The summed E-state index contributed by atoms with van der Waals surface area (Å²) in [6, 6.07) is 7.53. The van der Waals surface area contributed by atoms with Crippen LogP contribution in [0.5, 0.6) is 5.75 Å². The molecule has 3 heteroatoms. The van der Waals surface area contributed by atoms with Gasteiger partial charge < -0.3 is 14.6 Å². The molecule has 0 saturated heterocycles. The minimum atomic E-state index is -0.465. The first kappa shape index (κ1) is 13.0. The molecule has 1 aromatic carbocycles. The molecule has 0 radical (unpaired) electrons. The minimum absolute atomic E-state index is 0.171. The molecular formula is C13H20O3. The van der Waals surface area contributed by atoms with Crippen molar-refractivity contribution in [1.29, 1.82) is 0 Å². The fourth-order valence-corrected chi connectivity index (χ4v) is 1.44. The second kappa shape index (κ2) is 6.51. The molecule has 3 nitrogen and oxygen atoms in total. The number of benzene rings is 1. The summed E-state index contributed by atoms with van der Waals surface area (Å²) in [5, 5.41) is 9.80. The molecule has 1 N–H and O–H groups in total. The van der Waals surface area contributed by atoms with Gasteiger partial charge in [-0.1, -0.05) is 12.1 Å². The van der Waals surface area contributed by atoms with Crippen molar-refractivity contribution in [1.82, 2.24) is 0 Å². The lowest BCUT2D eigenvalue weighted by Gasteiger charge is -2.13. The molecule has 1 rings (SSSR count). The van der Waals surface area contributed by atoms with Gasteiger partial charge in [-0.05, 0) is 31.5 Å². The predicted octanol–water partition coefficient (Wildman–Crippen LogP) is 2.54. The Kier molecular flexibility index (Phi) is 5.29. The summed E-state index contributed by atoms with van der Waals surface area (Å²) in [4.78, 5) is 0. The predicted molar refractivity (Wildman–Crippen MR) is 63.7 cm³/mol. The van der Waals surface area contributed by atoms with Gasteiger partial charge in [-0.25, -0.2) is 0 Å². The van der Waals surface area contributed by atoms with E-state index in [0.717, 1.165) is 11.3 Å². The average molecular weight is 224 g/mol. The van der Waals surface area contributed by atoms with E-state index in [1.807, 2.05) is 38.1 Å². The van der Waals surface area contributed by atoms with Gasteiger partial charge in [-0.15, -0.1) is 0 Å². The number of methoxy groups -OCH3 is 1. The third-order valence-corrected chi connectivity index (χ3v) is 2.23. The van der Waals surface area contributed by atoms with Gasteiger partial charge in [0.25, 0.3) is 0 Å². The van der Waals surface area contributed by atoms with Gasteiger partial charge >= 0.3 is 0 Å². The highest BCUT2D eigenvalue weighted by Crippen LogP contribution is 2.20. The molecule has 0 aliphatic heterocycles. The van der Waals surface area contributed by atoms with E-state index in [9.17, 15) is 5.11 Å². The summed E-state index contributed by atoms with van der Waals surface area (Å²) in [5.74, 6) is 0.831. The van der Waals surface area contributed by atoms with E-state index in [0.29, 0.717) is 13.0 Å². The lowest BCUT2D eigenvalue weighted by atomic mass is 10.1. The van der Waals surface area contributed by atoms with Crippen molar-refractivity contribution in [2.45, 2.75) is 32.5 Å². The lowest BCUT2D eigenvalue weighted by Crippen LogP contribution is -2.06. The summed E-state index contributed by atoms with van der Waals surface area (Å²) < 4.78 is 10.4.